The monoisotopic (exact) mass is 418 g/mol. The summed E-state index contributed by atoms with van der Waals surface area (Å²) in [6.45, 7) is 2.09. The molecule has 12 heteroatoms. The number of hydrogen-bond donors (Lipinski definition) is 3. The minimum absolute atomic E-state index is 0.332. The highest BCUT2D eigenvalue weighted by Crippen LogP contribution is 2.12. The van der Waals surface area contributed by atoms with Crippen molar-refractivity contribution < 1.29 is 36.0 Å². The summed E-state index contributed by atoms with van der Waals surface area (Å²) in [7, 11) is -1.44. The van der Waals surface area contributed by atoms with Crippen molar-refractivity contribution in [1.82, 2.24) is 0 Å². The van der Waals surface area contributed by atoms with Gasteiger partial charge in [-0.2, -0.15) is 13.7 Å². The van der Waals surface area contributed by atoms with Gasteiger partial charge in [0.2, 0.25) is 0 Å². The fraction of sp³-hybridized carbons (Fsp3) is 0.267. The quantitative estimate of drug-likeness (QED) is 0.383. The van der Waals surface area contributed by atoms with E-state index in [9.17, 15) is 18.0 Å². The van der Waals surface area contributed by atoms with Crippen molar-refractivity contribution in [2.75, 3.05) is 24.4 Å². The van der Waals surface area contributed by atoms with Gasteiger partial charge in [0, 0.05) is 11.1 Å². The second-order valence-corrected chi connectivity index (χ2v) is 6.87. The molecule has 1 heterocycles. The van der Waals surface area contributed by atoms with E-state index in [1.807, 2.05) is 23.2 Å². The molecule has 148 valence electrons. The van der Waals surface area contributed by atoms with Crippen LogP contribution in [-0.2, 0) is 26.4 Å². The number of nitrogens with zero attached hydrogens (tertiary/aromatic N) is 1. The van der Waals surface area contributed by atoms with Gasteiger partial charge in [-0.1, -0.05) is 11.3 Å². The second-order valence-electron chi connectivity index (χ2n) is 4.79. The van der Waals surface area contributed by atoms with Crippen molar-refractivity contribution in [2.45, 2.75) is 6.92 Å². The minimum atomic E-state index is -4.16. The molecule has 1 aromatic heterocycles. The summed E-state index contributed by atoms with van der Waals surface area (Å²) in [5, 5.41) is 8.04. The second kappa shape index (κ2) is 10.6. The molecule has 0 aliphatic heterocycles. The van der Waals surface area contributed by atoms with Gasteiger partial charge in [-0.25, -0.2) is 14.2 Å². The Morgan fingerprint density at radius 1 is 1.22 bits per heavy atom. The molecular formula is C15H20N3O7S2+. The average molecular weight is 418 g/mol. The summed E-state index contributed by atoms with van der Waals surface area (Å²) in [6.07, 6.45) is 1.86. The predicted molar refractivity (Wildman–Crippen MR) is 99.1 cm³/mol. The van der Waals surface area contributed by atoms with Gasteiger partial charge < -0.3 is 4.74 Å². The highest BCUT2D eigenvalue weighted by atomic mass is 32.3. The highest BCUT2D eigenvalue weighted by Gasteiger charge is 2.14. The van der Waals surface area contributed by atoms with Gasteiger partial charge in [0.15, 0.2) is 0 Å². The largest absolute Gasteiger partial charge is 0.462 e. The number of ether oxygens (including phenoxy) is 1. The van der Waals surface area contributed by atoms with Crippen LogP contribution in [-0.4, -0.2) is 38.7 Å². The first-order valence-corrected chi connectivity index (χ1v) is 9.72. The minimum Gasteiger partial charge on any atom is -0.462 e. The standard InChI is InChI=1S/C14H15N3O3S.CH4O4S/c1-3-20-12(18)10-4-6-11(7-5-10)15-13(19)16-14-17(2)8-9-21-14;1-5-6(2,3)4/h4-9H,3H2,1-2H3,(H,15,18,19);1H3,(H,2,3,4)/p+1. The summed E-state index contributed by atoms with van der Waals surface area (Å²) in [6, 6.07) is 6.19. The van der Waals surface area contributed by atoms with E-state index in [4.69, 9.17) is 9.29 Å². The first-order valence-electron chi connectivity index (χ1n) is 7.47. The number of thiazole rings is 1. The molecule has 0 spiro atoms. The van der Waals surface area contributed by atoms with Gasteiger partial charge in [-0.15, -0.1) is 0 Å². The zero-order valence-electron chi connectivity index (χ0n) is 14.8. The van der Waals surface area contributed by atoms with Gasteiger partial charge in [-0.05, 0) is 31.2 Å². The van der Waals surface area contributed by atoms with Crippen LogP contribution < -0.4 is 15.2 Å². The summed E-state index contributed by atoms with van der Waals surface area (Å²) >= 11 is 1.43. The number of hydrogen-bond acceptors (Lipinski definition) is 7. The molecule has 1 aromatic carbocycles. The number of amides is 2. The number of aromatic nitrogens is 1. The van der Waals surface area contributed by atoms with Crippen LogP contribution >= 0.6 is 11.3 Å². The van der Waals surface area contributed by atoms with Gasteiger partial charge in [0.05, 0.1) is 26.3 Å². The van der Waals surface area contributed by atoms with Crippen LogP contribution in [0.25, 0.3) is 0 Å². The molecule has 0 fully saturated rings. The SMILES string of the molecule is CCOC(=O)c1ccc(NC(=O)Nc2scc[n+]2C)cc1.COS(=O)(=O)O. The number of anilines is 2. The summed E-state index contributed by atoms with van der Waals surface area (Å²) in [5.41, 5.74) is 1.05. The molecule has 0 radical (unpaired) electrons. The zero-order chi connectivity index (χ0) is 20.4. The van der Waals surface area contributed by atoms with E-state index in [1.165, 1.54) is 11.3 Å². The van der Waals surface area contributed by atoms with Crippen LogP contribution in [0.4, 0.5) is 15.6 Å². The molecule has 2 rings (SSSR count). The predicted octanol–water partition coefficient (Wildman–Crippen LogP) is 1.83. The van der Waals surface area contributed by atoms with Gasteiger partial charge >= 0.3 is 27.5 Å². The van der Waals surface area contributed by atoms with Crippen LogP contribution in [0, 0.1) is 0 Å². The van der Waals surface area contributed by atoms with E-state index in [0.29, 0.717) is 17.9 Å². The number of urea groups is 1. The maximum Gasteiger partial charge on any atom is 0.411 e. The third kappa shape index (κ3) is 8.59. The fourth-order valence-corrected chi connectivity index (χ4v) is 2.37. The number of esters is 1. The Bertz CT molecular complexity index is 864. The number of benzene rings is 1. The Hall–Kier alpha value is -2.54. The highest BCUT2D eigenvalue weighted by molar-refractivity contribution is 7.80. The first kappa shape index (κ1) is 22.5. The Kier molecular flexibility index (Phi) is 8.81. The molecule has 27 heavy (non-hydrogen) atoms. The molecule has 0 saturated carbocycles. The number of aryl methyl sites for hydroxylation is 1. The lowest BCUT2D eigenvalue weighted by atomic mass is 10.2. The maximum absolute atomic E-state index is 11.8. The molecule has 0 aliphatic carbocycles. The van der Waals surface area contributed by atoms with E-state index in [2.05, 4.69) is 14.8 Å². The fourth-order valence-electron chi connectivity index (χ4n) is 1.62. The van der Waals surface area contributed by atoms with Gasteiger partial charge in [0.25, 0.3) is 0 Å². The lowest BCUT2D eigenvalue weighted by molar-refractivity contribution is -0.652. The molecule has 2 amide bonds. The Morgan fingerprint density at radius 2 is 1.81 bits per heavy atom. The van der Waals surface area contributed by atoms with Crippen LogP contribution in [0.5, 0.6) is 0 Å². The van der Waals surface area contributed by atoms with Gasteiger partial charge in [-0.3, -0.25) is 14.1 Å². The average Bonchev–Trinajstić information content (AvgIpc) is 3.00. The molecule has 0 aliphatic rings. The van der Waals surface area contributed by atoms with Crippen molar-refractivity contribution >= 4 is 44.6 Å². The van der Waals surface area contributed by atoms with Crippen LogP contribution in [0.1, 0.15) is 17.3 Å². The molecule has 0 bridgehead atoms. The van der Waals surface area contributed by atoms with E-state index in [0.717, 1.165) is 12.2 Å². The van der Waals surface area contributed by atoms with Crippen molar-refractivity contribution in [1.29, 1.82) is 0 Å². The summed E-state index contributed by atoms with van der Waals surface area (Å²) < 4.78 is 36.4. The molecular weight excluding hydrogens is 398 g/mol. The number of rotatable bonds is 5. The van der Waals surface area contributed by atoms with E-state index in [-0.39, 0.29) is 12.0 Å². The number of nitrogens with one attached hydrogen (secondary N) is 2. The molecule has 10 nitrogen and oxygen atoms in total. The van der Waals surface area contributed by atoms with E-state index in [1.54, 1.807) is 31.2 Å². The Morgan fingerprint density at radius 3 is 2.26 bits per heavy atom. The van der Waals surface area contributed by atoms with Crippen molar-refractivity contribution in [3.63, 3.8) is 0 Å². The molecule has 0 unspecified atom stereocenters. The summed E-state index contributed by atoms with van der Waals surface area (Å²) in [4.78, 5) is 23.3. The smallest absolute Gasteiger partial charge is 0.411 e. The third-order valence-corrected chi connectivity index (χ3v) is 4.16. The maximum atomic E-state index is 11.8. The molecule has 0 saturated heterocycles. The summed E-state index contributed by atoms with van der Waals surface area (Å²) in [5.74, 6) is -0.376. The van der Waals surface area contributed by atoms with Crippen LogP contribution in [0.3, 0.4) is 0 Å². The van der Waals surface area contributed by atoms with Crippen LogP contribution in [0.2, 0.25) is 0 Å². The van der Waals surface area contributed by atoms with Gasteiger partial charge in [0.1, 0.15) is 6.20 Å². The topological polar surface area (TPSA) is 135 Å². The Balaban J connectivity index is 0.000000527. The number of carbonyl (C=O) groups excluding carboxylic acids is 2. The first-order chi connectivity index (χ1) is 12.7. The zero-order valence-corrected chi connectivity index (χ0v) is 16.5. The van der Waals surface area contributed by atoms with Crippen molar-refractivity contribution in [3.8, 4) is 0 Å². The third-order valence-electron chi connectivity index (χ3n) is 2.87. The number of carbonyl (C=O) groups is 2. The van der Waals surface area contributed by atoms with Crippen LogP contribution in [0.15, 0.2) is 35.8 Å². The molecule has 0 atom stereocenters. The normalized spacial score (nSPS) is 10.4. The Labute approximate surface area is 160 Å². The van der Waals surface area contributed by atoms with Crippen molar-refractivity contribution in [2.24, 2.45) is 7.05 Å². The van der Waals surface area contributed by atoms with Crippen molar-refractivity contribution in [3.05, 3.63) is 41.4 Å². The van der Waals surface area contributed by atoms with E-state index >= 15 is 0 Å². The van der Waals surface area contributed by atoms with E-state index < -0.39 is 10.4 Å². The lowest BCUT2D eigenvalue weighted by Crippen LogP contribution is -2.32. The molecule has 3 N–H and O–H groups in total. The lowest BCUT2D eigenvalue weighted by Gasteiger charge is -2.04. The molecule has 2 aromatic rings.